The number of benzene rings is 1. The van der Waals surface area contributed by atoms with Gasteiger partial charge in [-0.3, -0.25) is 24.7 Å². The molecule has 1 fully saturated rings. The van der Waals surface area contributed by atoms with E-state index in [1.54, 1.807) is 30.9 Å². The van der Waals surface area contributed by atoms with Crippen molar-refractivity contribution in [2.75, 3.05) is 44.3 Å². The summed E-state index contributed by atoms with van der Waals surface area (Å²) >= 11 is 0. The first-order chi connectivity index (χ1) is 14.0. The first-order valence-corrected chi connectivity index (χ1v) is 9.90. The summed E-state index contributed by atoms with van der Waals surface area (Å²) in [5.41, 5.74) is 3.54. The van der Waals surface area contributed by atoms with Crippen molar-refractivity contribution in [2.45, 2.75) is 26.3 Å². The van der Waals surface area contributed by atoms with Gasteiger partial charge in [0.1, 0.15) is 6.04 Å². The Bertz CT molecular complexity index is 782. The van der Waals surface area contributed by atoms with Gasteiger partial charge in [-0.25, -0.2) is 10.0 Å². The van der Waals surface area contributed by atoms with Gasteiger partial charge in [0, 0.05) is 26.2 Å². The first kappa shape index (κ1) is 20.8. The van der Waals surface area contributed by atoms with Gasteiger partial charge in [0.15, 0.2) is 0 Å². The van der Waals surface area contributed by atoms with Crippen LogP contribution < -0.4 is 10.4 Å². The highest BCUT2D eigenvalue weighted by Gasteiger charge is 2.33. The van der Waals surface area contributed by atoms with E-state index in [1.165, 1.54) is 5.01 Å². The van der Waals surface area contributed by atoms with Crippen molar-refractivity contribution in [1.82, 2.24) is 15.2 Å². The van der Waals surface area contributed by atoms with Gasteiger partial charge in [-0.15, -0.1) is 0 Å². The largest absolute Gasteiger partial charge is 0.465 e. The summed E-state index contributed by atoms with van der Waals surface area (Å²) < 4.78 is 5.00. The lowest BCUT2D eigenvalue weighted by Crippen LogP contribution is -2.58. The second-order valence-corrected chi connectivity index (χ2v) is 7.00. The van der Waals surface area contributed by atoms with Crippen molar-refractivity contribution >= 4 is 29.3 Å². The molecular weight excluding hydrogens is 374 g/mol. The number of hydrazine groups is 1. The normalized spacial score (nSPS) is 20.6. The molecule has 2 aliphatic heterocycles. The van der Waals surface area contributed by atoms with Crippen molar-refractivity contribution in [1.29, 1.82) is 0 Å². The van der Waals surface area contributed by atoms with E-state index >= 15 is 0 Å². The van der Waals surface area contributed by atoms with Crippen LogP contribution in [0.4, 0.5) is 5.69 Å². The Hall–Kier alpha value is -2.94. The van der Waals surface area contributed by atoms with E-state index in [4.69, 9.17) is 4.74 Å². The smallest absolute Gasteiger partial charge is 0.320 e. The summed E-state index contributed by atoms with van der Waals surface area (Å²) in [6.45, 7) is 6.38. The topological polar surface area (TPSA) is 94.5 Å². The van der Waals surface area contributed by atoms with E-state index in [0.717, 1.165) is 6.42 Å². The summed E-state index contributed by atoms with van der Waals surface area (Å²) in [5.74, 6) is -0.566. The summed E-state index contributed by atoms with van der Waals surface area (Å²) in [4.78, 5) is 45.2. The zero-order chi connectivity index (χ0) is 20.8. The molecule has 1 aromatic carbocycles. The van der Waals surface area contributed by atoms with Crippen LogP contribution in [0, 0.1) is 0 Å². The lowest BCUT2D eigenvalue weighted by Gasteiger charge is -2.32. The summed E-state index contributed by atoms with van der Waals surface area (Å²) in [6, 6.07) is 8.46. The molecule has 0 radical (unpaired) electrons. The summed E-state index contributed by atoms with van der Waals surface area (Å²) in [7, 11) is 0. The van der Waals surface area contributed by atoms with Gasteiger partial charge in [0.05, 0.1) is 18.8 Å². The third kappa shape index (κ3) is 5.11. The number of anilines is 1. The molecule has 0 unspecified atom stereocenters. The predicted molar refractivity (Wildman–Crippen MR) is 108 cm³/mol. The predicted octanol–water partition coefficient (Wildman–Crippen LogP) is 0.422. The number of hydrogen-bond donors (Lipinski definition) is 1. The molecule has 1 atom stereocenters. The van der Waals surface area contributed by atoms with Crippen LogP contribution in [0.2, 0.25) is 0 Å². The average molecular weight is 401 g/mol. The van der Waals surface area contributed by atoms with E-state index in [-0.39, 0.29) is 30.2 Å². The molecule has 0 aromatic heterocycles. The quantitative estimate of drug-likeness (QED) is 0.719. The van der Waals surface area contributed by atoms with Crippen LogP contribution in [0.15, 0.2) is 35.3 Å². The molecule has 2 amide bonds. The van der Waals surface area contributed by atoms with Crippen molar-refractivity contribution in [3.8, 4) is 0 Å². The van der Waals surface area contributed by atoms with Crippen LogP contribution in [-0.4, -0.2) is 78.8 Å². The Morgan fingerprint density at radius 2 is 1.93 bits per heavy atom. The Morgan fingerprint density at radius 3 is 2.66 bits per heavy atom. The molecule has 9 heteroatoms. The van der Waals surface area contributed by atoms with Crippen molar-refractivity contribution in [2.24, 2.45) is 4.99 Å². The van der Waals surface area contributed by atoms with Crippen molar-refractivity contribution < 1.29 is 19.1 Å². The molecule has 0 spiro atoms. The van der Waals surface area contributed by atoms with Gasteiger partial charge in [0.25, 0.3) is 11.8 Å². The molecule has 1 N–H and O–H groups in total. The second-order valence-electron chi connectivity index (χ2n) is 7.00. The van der Waals surface area contributed by atoms with Gasteiger partial charge in [-0.2, -0.15) is 0 Å². The van der Waals surface area contributed by atoms with E-state index in [0.29, 0.717) is 38.5 Å². The lowest BCUT2D eigenvalue weighted by molar-refractivity contribution is -0.144. The van der Waals surface area contributed by atoms with Crippen molar-refractivity contribution in [3.05, 3.63) is 30.3 Å². The molecular formula is C20H27N5O4. The molecule has 1 aromatic rings. The summed E-state index contributed by atoms with van der Waals surface area (Å²) in [5, 5.41) is 1.37. The number of aliphatic imine (C=N–C) groups is 1. The Kier molecular flexibility index (Phi) is 6.82. The van der Waals surface area contributed by atoms with Crippen LogP contribution in [-0.2, 0) is 19.1 Å². The molecule has 0 saturated carbocycles. The number of carbonyl (C=O) groups is 3. The highest BCUT2D eigenvalue weighted by molar-refractivity contribution is 6.39. The maximum atomic E-state index is 13.1. The Balaban J connectivity index is 1.65. The number of ether oxygens (including phenoxy) is 1. The molecule has 2 aliphatic rings. The van der Waals surface area contributed by atoms with Crippen molar-refractivity contribution in [3.63, 3.8) is 0 Å². The third-order valence-electron chi connectivity index (χ3n) is 4.87. The monoisotopic (exact) mass is 401 g/mol. The highest BCUT2D eigenvalue weighted by Crippen LogP contribution is 2.16. The number of nitrogens with one attached hydrogen (secondary N) is 1. The van der Waals surface area contributed by atoms with Crippen LogP contribution in [0.1, 0.15) is 20.3 Å². The van der Waals surface area contributed by atoms with Crippen LogP contribution in [0.3, 0.4) is 0 Å². The number of amidine groups is 1. The maximum Gasteiger partial charge on any atom is 0.320 e. The van der Waals surface area contributed by atoms with Gasteiger partial charge < -0.3 is 9.64 Å². The Morgan fingerprint density at radius 1 is 1.17 bits per heavy atom. The first-order valence-electron chi connectivity index (χ1n) is 9.90. The van der Waals surface area contributed by atoms with Gasteiger partial charge >= 0.3 is 5.97 Å². The average Bonchev–Trinajstić information content (AvgIpc) is 2.95. The third-order valence-corrected chi connectivity index (χ3v) is 4.87. The minimum absolute atomic E-state index is 0.153. The minimum Gasteiger partial charge on any atom is -0.465 e. The molecule has 29 heavy (non-hydrogen) atoms. The zero-order valence-electron chi connectivity index (χ0n) is 16.8. The zero-order valence-corrected chi connectivity index (χ0v) is 16.8. The van der Waals surface area contributed by atoms with Gasteiger partial charge in [-0.1, -0.05) is 18.2 Å². The SMILES string of the molecule is CCOC(=O)CN1CCCN(C(=O)C2=N[C@@H](C)C(=O)N(c3ccccc3)N2)CC1. The molecule has 0 aliphatic carbocycles. The van der Waals surface area contributed by atoms with Crippen LogP contribution >= 0.6 is 0 Å². The number of nitrogens with zero attached hydrogens (tertiary/aromatic N) is 4. The van der Waals surface area contributed by atoms with E-state index in [9.17, 15) is 14.4 Å². The molecule has 156 valence electrons. The molecule has 0 bridgehead atoms. The maximum absolute atomic E-state index is 13.1. The fourth-order valence-electron chi connectivity index (χ4n) is 3.37. The summed E-state index contributed by atoms with van der Waals surface area (Å²) in [6.07, 6.45) is 0.745. The van der Waals surface area contributed by atoms with E-state index < -0.39 is 6.04 Å². The number of esters is 1. The fraction of sp³-hybridized carbons (Fsp3) is 0.500. The molecule has 9 nitrogen and oxygen atoms in total. The van der Waals surface area contributed by atoms with E-state index in [2.05, 4.69) is 10.4 Å². The number of amides is 2. The molecule has 1 saturated heterocycles. The van der Waals surface area contributed by atoms with Gasteiger partial charge in [-0.05, 0) is 32.4 Å². The number of para-hydroxylation sites is 1. The number of hydrogen-bond acceptors (Lipinski definition) is 7. The highest BCUT2D eigenvalue weighted by atomic mass is 16.5. The molecule has 2 heterocycles. The molecule has 3 rings (SSSR count). The number of rotatable bonds is 5. The standard InChI is InChI=1S/C20H27N5O4/c1-3-29-17(26)14-23-10-7-11-24(13-12-23)20(28)18-21-15(2)19(27)25(22-18)16-8-5-4-6-9-16/h4-6,8-9,15H,3,7,10-14H2,1-2H3,(H,21,22)/t15-/m0/s1. The number of carbonyl (C=O) groups excluding carboxylic acids is 3. The lowest BCUT2D eigenvalue weighted by atomic mass is 10.2. The fourth-order valence-corrected chi connectivity index (χ4v) is 3.37. The Labute approximate surface area is 170 Å². The second kappa shape index (κ2) is 9.51. The van der Waals surface area contributed by atoms with Crippen LogP contribution in [0.5, 0.6) is 0 Å². The van der Waals surface area contributed by atoms with Gasteiger partial charge in [0.2, 0.25) is 5.84 Å². The van der Waals surface area contributed by atoms with Crippen LogP contribution in [0.25, 0.3) is 0 Å². The minimum atomic E-state index is -0.650. The van der Waals surface area contributed by atoms with E-state index in [1.807, 2.05) is 23.1 Å².